The van der Waals surface area contributed by atoms with Crippen LogP contribution in [0.15, 0.2) is 0 Å². The molecule has 0 aromatic heterocycles. The van der Waals surface area contributed by atoms with Crippen LogP contribution in [-0.4, -0.2) is 29.1 Å². The zero-order chi connectivity index (χ0) is 11.9. The van der Waals surface area contributed by atoms with Crippen molar-refractivity contribution in [3.05, 3.63) is 0 Å². The fourth-order valence-electron chi connectivity index (χ4n) is 2.33. The summed E-state index contributed by atoms with van der Waals surface area (Å²) in [6, 6.07) is 0. The zero-order valence-corrected chi connectivity index (χ0v) is 11.4. The summed E-state index contributed by atoms with van der Waals surface area (Å²) in [6.45, 7) is 15.9. The Bertz CT molecular complexity index is 212. The lowest BCUT2D eigenvalue weighted by Gasteiger charge is -2.50. The lowest BCUT2D eigenvalue weighted by molar-refractivity contribution is 0.0342. The van der Waals surface area contributed by atoms with Crippen molar-refractivity contribution < 1.29 is 0 Å². The van der Waals surface area contributed by atoms with E-state index in [1.165, 1.54) is 0 Å². The molecule has 2 heteroatoms. The molecule has 1 saturated heterocycles. The maximum absolute atomic E-state index is 6.51. The zero-order valence-electron chi connectivity index (χ0n) is 11.4. The standard InChI is InChI=1S/C13H28N2/c1-11(2,3)13(14)7-9-15(10-8-13)12(4,5)6/h7-10,14H2,1-6H3. The summed E-state index contributed by atoms with van der Waals surface area (Å²) in [5.74, 6) is 0. The van der Waals surface area contributed by atoms with Gasteiger partial charge in [-0.05, 0) is 39.0 Å². The van der Waals surface area contributed by atoms with Crippen molar-refractivity contribution in [2.24, 2.45) is 11.1 Å². The molecule has 1 aliphatic heterocycles. The molecule has 2 N–H and O–H groups in total. The smallest absolute Gasteiger partial charge is 0.0227 e. The summed E-state index contributed by atoms with van der Waals surface area (Å²) < 4.78 is 0. The van der Waals surface area contributed by atoms with E-state index in [0.717, 1.165) is 25.9 Å². The Morgan fingerprint density at radius 3 is 1.60 bits per heavy atom. The van der Waals surface area contributed by atoms with Gasteiger partial charge in [0.25, 0.3) is 0 Å². The summed E-state index contributed by atoms with van der Waals surface area (Å²) in [6.07, 6.45) is 2.24. The molecule has 15 heavy (non-hydrogen) atoms. The number of likely N-dealkylation sites (tertiary alicyclic amines) is 1. The number of nitrogens with two attached hydrogens (primary N) is 1. The minimum Gasteiger partial charge on any atom is -0.325 e. The topological polar surface area (TPSA) is 29.3 Å². The molecular formula is C13H28N2. The van der Waals surface area contributed by atoms with E-state index in [-0.39, 0.29) is 11.0 Å². The van der Waals surface area contributed by atoms with Crippen LogP contribution in [0.4, 0.5) is 0 Å². The number of nitrogens with zero attached hydrogens (tertiary/aromatic N) is 1. The molecule has 1 fully saturated rings. The van der Waals surface area contributed by atoms with Gasteiger partial charge in [-0.2, -0.15) is 0 Å². The molecule has 0 saturated carbocycles. The van der Waals surface area contributed by atoms with E-state index in [2.05, 4.69) is 46.4 Å². The molecular weight excluding hydrogens is 184 g/mol. The summed E-state index contributed by atoms with van der Waals surface area (Å²) >= 11 is 0. The van der Waals surface area contributed by atoms with E-state index in [1.54, 1.807) is 0 Å². The van der Waals surface area contributed by atoms with Gasteiger partial charge in [-0.1, -0.05) is 20.8 Å². The van der Waals surface area contributed by atoms with Crippen LogP contribution >= 0.6 is 0 Å². The lowest BCUT2D eigenvalue weighted by Crippen LogP contribution is -2.60. The van der Waals surface area contributed by atoms with Crippen LogP contribution < -0.4 is 5.73 Å². The third kappa shape index (κ3) is 2.73. The van der Waals surface area contributed by atoms with E-state index in [9.17, 15) is 0 Å². The van der Waals surface area contributed by atoms with Crippen molar-refractivity contribution in [3.8, 4) is 0 Å². The molecule has 2 nitrogen and oxygen atoms in total. The van der Waals surface area contributed by atoms with Gasteiger partial charge in [-0.25, -0.2) is 0 Å². The first kappa shape index (κ1) is 13.0. The van der Waals surface area contributed by atoms with Crippen molar-refractivity contribution >= 4 is 0 Å². The molecule has 0 atom stereocenters. The highest BCUT2D eigenvalue weighted by Crippen LogP contribution is 2.37. The second-order valence-corrected chi connectivity index (χ2v) is 7.06. The Balaban J connectivity index is 2.64. The van der Waals surface area contributed by atoms with Crippen LogP contribution in [0, 0.1) is 5.41 Å². The van der Waals surface area contributed by atoms with Crippen LogP contribution in [0.3, 0.4) is 0 Å². The maximum Gasteiger partial charge on any atom is 0.0227 e. The fourth-order valence-corrected chi connectivity index (χ4v) is 2.33. The Morgan fingerprint density at radius 2 is 1.33 bits per heavy atom. The van der Waals surface area contributed by atoms with Gasteiger partial charge in [0.05, 0.1) is 0 Å². The molecule has 0 amide bonds. The van der Waals surface area contributed by atoms with Gasteiger partial charge in [0.15, 0.2) is 0 Å². The highest BCUT2D eigenvalue weighted by atomic mass is 15.2. The third-order valence-electron chi connectivity index (χ3n) is 4.10. The van der Waals surface area contributed by atoms with Gasteiger partial charge in [0, 0.05) is 24.2 Å². The first-order valence-corrected chi connectivity index (χ1v) is 6.10. The van der Waals surface area contributed by atoms with Crippen LogP contribution in [0.2, 0.25) is 0 Å². The second kappa shape index (κ2) is 3.74. The molecule has 0 aliphatic carbocycles. The van der Waals surface area contributed by atoms with E-state index in [1.807, 2.05) is 0 Å². The minimum absolute atomic E-state index is 0.0226. The Labute approximate surface area is 95.2 Å². The van der Waals surface area contributed by atoms with Gasteiger partial charge in [-0.3, -0.25) is 4.90 Å². The average Bonchev–Trinajstić information content (AvgIpc) is 2.01. The van der Waals surface area contributed by atoms with Gasteiger partial charge >= 0.3 is 0 Å². The van der Waals surface area contributed by atoms with Gasteiger partial charge < -0.3 is 5.73 Å². The fraction of sp³-hybridized carbons (Fsp3) is 1.00. The van der Waals surface area contributed by atoms with Crippen LogP contribution in [0.5, 0.6) is 0 Å². The highest BCUT2D eigenvalue weighted by molar-refractivity contribution is 5.00. The van der Waals surface area contributed by atoms with Crippen molar-refractivity contribution in [2.45, 2.75) is 65.5 Å². The molecule has 0 spiro atoms. The highest BCUT2D eigenvalue weighted by Gasteiger charge is 2.42. The molecule has 0 bridgehead atoms. The predicted molar refractivity (Wildman–Crippen MR) is 66.9 cm³/mol. The monoisotopic (exact) mass is 212 g/mol. The lowest BCUT2D eigenvalue weighted by atomic mass is 9.68. The molecule has 1 heterocycles. The number of piperidine rings is 1. The largest absolute Gasteiger partial charge is 0.325 e. The van der Waals surface area contributed by atoms with Gasteiger partial charge in [-0.15, -0.1) is 0 Å². The quantitative estimate of drug-likeness (QED) is 0.669. The van der Waals surface area contributed by atoms with Crippen molar-refractivity contribution in [1.29, 1.82) is 0 Å². The molecule has 0 radical (unpaired) electrons. The first-order valence-electron chi connectivity index (χ1n) is 6.10. The summed E-state index contributed by atoms with van der Waals surface area (Å²) in [7, 11) is 0. The van der Waals surface area contributed by atoms with Crippen molar-refractivity contribution in [2.75, 3.05) is 13.1 Å². The average molecular weight is 212 g/mol. The molecule has 0 unspecified atom stereocenters. The summed E-state index contributed by atoms with van der Waals surface area (Å²) in [5, 5.41) is 0. The van der Waals surface area contributed by atoms with E-state index < -0.39 is 0 Å². The summed E-state index contributed by atoms with van der Waals surface area (Å²) in [4.78, 5) is 2.55. The number of rotatable bonds is 0. The molecule has 0 aromatic rings. The van der Waals surface area contributed by atoms with Crippen molar-refractivity contribution in [3.63, 3.8) is 0 Å². The third-order valence-corrected chi connectivity index (χ3v) is 4.10. The Hall–Kier alpha value is -0.0800. The second-order valence-electron chi connectivity index (χ2n) is 7.06. The Morgan fingerprint density at radius 1 is 0.933 bits per heavy atom. The normalized spacial score (nSPS) is 24.2. The Kier molecular flexibility index (Phi) is 3.24. The van der Waals surface area contributed by atoms with Crippen molar-refractivity contribution in [1.82, 2.24) is 4.90 Å². The van der Waals surface area contributed by atoms with Crippen LogP contribution in [-0.2, 0) is 0 Å². The number of hydrogen-bond acceptors (Lipinski definition) is 2. The first-order chi connectivity index (χ1) is 6.56. The van der Waals surface area contributed by atoms with Gasteiger partial charge in [0.2, 0.25) is 0 Å². The minimum atomic E-state index is 0.0226. The SMILES string of the molecule is CC(C)(C)N1CCC(N)(C(C)(C)C)CC1. The van der Waals surface area contributed by atoms with E-state index in [0.29, 0.717) is 5.54 Å². The molecule has 0 aromatic carbocycles. The van der Waals surface area contributed by atoms with Gasteiger partial charge in [0.1, 0.15) is 0 Å². The predicted octanol–water partition coefficient (Wildman–Crippen LogP) is 2.62. The van der Waals surface area contributed by atoms with E-state index in [4.69, 9.17) is 5.73 Å². The summed E-state index contributed by atoms with van der Waals surface area (Å²) in [5.41, 5.74) is 7.05. The van der Waals surface area contributed by atoms with Crippen LogP contribution in [0.1, 0.15) is 54.4 Å². The van der Waals surface area contributed by atoms with E-state index >= 15 is 0 Å². The molecule has 90 valence electrons. The maximum atomic E-state index is 6.51. The number of hydrogen-bond donors (Lipinski definition) is 1. The molecule has 1 rings (SSSR count). The molecule has 1 aliphatic rings. The van der Waals surface area contributed by atoms with Crippen LogP contribution in [0.25, 0.3) is 0 Å².